The van der Waals surface area contributed by atoms with Crippen LogP contribution in [0.2, 0.25) is 5.02 Å². The van der Waals surface area contributed by atoms with Crippen molar-refractivity contribution in [2.24, 2.45) is 5.92 Å². The van der Waals surface area contributed by atoms with Crippen molar-refractivity contribution in [3.63, 3.8) is 0 Å². The summed E-state index contributed by atoms with van der Waals surface area (Å²) >= 11 is 6.18. The van der Waals surface area contributed by atoms with E-state index in [9.17, 15) is 0 Å². The highest BCUT2D eigenvalue weighted by atomic mass is 35.5. The molecule has 1 aliphatic heterocycles. The van der Waals surface area contributed by atoms with Crippen LogP contribution in [0.3, 0.4) is 0 Å². The van der Waals surface area contributed by atoms with E-state index in [-0.39, 0.29) is 5.41 Å². The van der Waals surface area contributed by atoms with Crippen LogP contribution in [0.1, 0.15) is 31.4 Å². The van der Waals surface area contributed by atoms with Gasteiger partial charge in [-0.1, -0.05) is 25.4 Å². The Labute approximate surface area is 114 Å². The summed E-state index contributed by atoms with van der Waals surface area (Å²) in [5.74, 6) is 0.671. The van der Waals surface area contributed by atoms with E-state index in [4.69, 9.17) is 17.3 Å². The third-order valence-corrected chi connectivity index (χ3v) is 5.73. The number of nitrogens with zero attached hydrogens (tertiary/aromatic N) is 1. The van der Waals surface area contributed by atoms with Crippen LogP contribution in [0.15, 0.2) is 12.1 Å². The van der Waals surface area contributed by atoms with Gasteiger partial charge in [0.2, 0.25) is 0 Å². The molecule has 3 heteroatoms. The zero-order valence-corrected chi connectivity index (χ0v) is 12.1. The molecule has 2 nitrogen and oxygen atoms in total. The number of fused-ring (bicyclic) bond motifs is 4. The van der Waals surface area contributed by atoms with Gasteiger partial charge < -0.3 is 10.6 Å². The van der Waals surface area contributed by atoms with Gasteiger partial charge in [0.1, 0.15) is 0 Å². The van der Waals surface area contributed by atoms with Gasteiger partial charge in [0.25, 0.3) is 0 Å². The number of benzene rings is 1. The van der Waals surface area contributed by atoms with Crippen molar-refractivity contribution in [3.8, 4) is 0 Å². The number of nitrogens with two attached hydrogens (primary N) is 1. The number of likely N-dealkylation sites (tertiary alicyclic amines) is 1. The Morgan fingerprint density at radius 1 is 1.44 bits per heavy atom. The quantitative estimate of drug-likeness (QED) is 0.730. The molecule has 0 radical (unpaired) electrons. The van der Waals surface area contributed by atoms with Crippen LogP contribution >= 0.6 is 11.6 Å². The molecule has 0 amide bonds. The number of hydrogen-bond donors (Lipinski definition) is 1. The first-order valence-electron chi connectivity index (χ1n) is 6.72. The Morgan fingerprint density at radius 2 is 2.17 bits per heavy atom. The number of anilines is 1. The lowest BCUT2D eigenvalue weighted by atomic mass is 9.59. The third-order valence-electron chi connectivity index (χ3n) is 5.40. The number of hydrogen-bond acceptors (Lipinski definition) is 2. The molecule has 1 aliphatic carbocycles. The standard InChI is InChI=1S/C15H21ClN2/c1-9-14-7-10-6-12(16)13(17)8-11(10)15(9,2)4-5-18(14)3/h6,8-9,14H,4-5,7,17H2,1-3H3. The van der Waals surface area contributed by atoms with E-state index in [0.717, 1.165) is 12.1 Å². The zero-order valence-electron chi connectivity index (χ0n) is 11.3. The van der Waals surface area contributed by atoms with E-state index in [1.165, 1.54) is 24.1 Å². The number of halogens is 1. The summed E-state index contributed by atoms with van der Waals surface area (Å²) in [4.78, 5) is 2.50. The van der Waals surface area contributed by atoms with Crippen molar-refractivity contribution < 1.29 is 0 Å². The van der Waals surface area contributed by atoms with Gasteiger partial charge in [-0.3, -0.25) is 0 Å². The molecular weight excluding hydrogens is 244 g/mol. The molecule has 2 aliphatic rings. The normalized spacial score (nSPS) is 35.3. The Kier molecular flexibility index (Phi) is 2.65. The predicted octanol–water partition coefficient (Wildman–Crippen LogP) is 3.08. The number of likely N-dealkylation sites (N-methyl/N-ethyl adjacent to an activating group) is 1. The lowest BCUT2D eigenvalue weighted by Crippen LogP contribution is -2.56. The van der Waals surface area contributed by atoms with Crippen LogP contribution in [0.5, 0.6) is 0 Å². The second-order valence-corrected chi connectivity index (χ2v) is 6.65. The first-order chi connectivity index (χ1) is 8.43. The van der Waals surface area contributed by atoms with Gasteiger partial charge in [0, 0.05) is 6.04 Å². The minimum atomic E-state index is 0.253. The van der Waals surface area contributed by atoms with Crippen molar-refractivity contribution in [1.82, 2.24) is 4.90 Å². The molecule has 3 rings (SSSR count). The number of piperidine rings is 1. The van der Waals surface area contributed by atoms with Gasteiger partial charge in [-0.15, -0.1) is 0 Å². The van der Waals surface area contributed by atoms with E-state index in [1.807, 2.05) is 0 Å². The summed E-state index contributed by atoms with van der Waals surface area (Å²) in [7, 11) is 2.24. The minimum absolute atomic E-state index is 0.253. The third kappa shape index (κ3) is 1.52. The number of rotatable bonds is 0. The molecule has 0 aromatic heterocycles. The molecule has 18 heavy (non-hydrogen) atoms. The first kappa shape index (κ1) is 12.3. The SMILES string of the molecule is CC1C2Cc3cc(Cl)c(N)cc3C1(C)CCN2C. The lowest BCUT2D eigenvalue weighted by molar-refractivity contribution is 0.0508. The van der Waals surface area contributed by atoms with Crippen LogP contribution in [-0.2, 0) is 11.8 Å². The minimum Gasteiger partial charge on any atom is -0.398 e. The molecule has 1 aromatic carbocycles. The molecule has 1 fully saturated rings. The molecule has 1 aromatic rings. The van der Waals surface area contributed by atoms with Crippen molar-refractivity contribution in [2.75, 3.05) is 19.3 Å². The molecule has 1 heterocycles. The molecule has 3 atom stereocenters. The highest BCUT2D eigenvalue weighted by molar-refractivity contribution is 6.33. The fourth-order valence-electron chi connectivity index (χ4n) is 3.88. The fourth-order valence-corrected chi connectivity index (χ4v) is 4.06. The Balaban J connectivity index is 2.18. The van der Waals surface area contributed by atoms with Crippen molar-refractivity contribution >= 4 is 17.3 Å². The molecule has 1 saturated heterocycles. The van der Waals surface area contributed by atoms with E-state index in [2.05, 4.69) is 37.9 Å². The summed E-state index contributed by atoms with van der Waals surface area (Å²) in [6, 6.07) is 4.84. The maximum Gasteiger partial charge on any atom is 0.0638 e. The molecule has 2 bridgehead atoms. The maximum absolute atomic E-state index is 6.18. The Bertz CT molecular complexity index is 500. The van der Waals surface area contributed by atoms with E-state index < -0.39 is 0 Å². The van der Waals surface area contributed by atoms with Gasteiger partial charge in [-0.2, -0.15) is 0 Å². The number of nitrogen functional groups attached to an aromatic ring is 1. The lowest BCUT2D eigenvalue weighted by Gasteiger charge is -2.53. The van der Waals surface area contributed by atoms with Gasteiger partial charge in [-0.05, 0) is 61.0 Å². The molecule has 3 unspecified atom stereocenters. The smallest absolute Gasteiger partial charge is 0.0638 e. The largest absolute Gasteiger partial charge is 0.398 e. The molecule has 2 N–H and O–H groups in total. The van der Waals surface area contributed by atoms with Crippen LogP contribution in [-0.4, -0.2) is 24.5 Å². The first-order valence-corrected chi connectivity index (χ1v) is 7.10. The van der Waals surface area contributed by atoms with Crippen molar-refractivity contribution in [3.05, 3.63) is 28.3 Å². The average molecular weight is 265 g/mol. The van der Waals surface area contributed by atoms with Gasteiger partial charge in [0.15, 0.2) is 0 Å². The monoisotopic (exact) mass is 264 g/mol. The second-order valence-electron chi connectivity index (χ2n) is 6.24. The fraction of sp³-hybridized carbons (Fsp3) is 0.600. The predicted molar refractivity (Wildman–Crippen MR) is 77.1 cm³/mol. The molecule has 98 valence electrons. The van der Waals surface area contributed by atoms with Crippen LogP contribution in [0, 0.1) is 5.92 Å². The highest BCUT2D eigenvalue weighted by Gasteiger charge is 2.47. The Morgan fingerprint density at radius 3 is 2.89 bits per heavy atom. The van der Waals surface area contributed by atoms with E-state index in [0.29, 0.717) is 17.0 Å². The van der Waals surface area contributed by atoms with E-state index >= 15 is 0 Å². The van der Waals surface area contributed by atoms with E-state index in [1.54, 1.807) is 0 Å². The van der Waals surface area contributed by atoms with Gasteiger partial charge >= 0.3 is 0 Å². The summed E-state index contributed by atoms with van der Waals surface area (Å²) in [5.41, 5.74) is 9.81. The average Bonchev–Trinajstić information content (AvgIpc) is 2.32. The van der Waals surface area contributed by atoms with Crippen LogP contribution < -0.4 is 5.73 Å². The molecule has 0 spiro atoms. The van der Waals surface area contributed by atoms with Gasteiger partial charge in [-0.25, -0.2) is 0 Å². The van der Waals surface area contributed by atoms with Gasteiger partial charge in [0.05, 0.1) is 10.7 Å². The maximum atomic E-state index is 6.18. The molecular formula is C15H21ClN2. The van der Waals surface area contributed by atoms with Crippen LogP contribution in [0.25, 0.3) is 0 Å². The Hall–Kier alpha value is -0.730. The highest BCUT2D eigenvalue weighted by Crippen LogP contribution is 2.49. The molecule has 0 saturated carbocycles. The zero-order chi connectivity index (χ0) is 13.1. The second kappa shape index (κ2) is 3.88. The summed E-state index contributed by atoms with van der Waals surface area (Å²) in [5, 5.41) is 0.702. The van der Waals surface area contributed by atoms with Crippen molar-refractivity contribution in [2.45, 2.75) is 38.1 Å². The van der Waals surface area contributed by atoms with Crippen molar-refractivity contribution in [1.29, 1.82) is 0 Å². The van der Waals surface area contributed by atoms with Crippen LogP contribution in [0.4, 0.5) is 5.69 Å². The summed E-state index contributed by atoms with van der Waals surface area (Å²) < 4.78 is 0. The summed E-state index contributed by atoms with van der Waals surface area (Å²) in [6.07, 6.45) is 2.30. The topological polar surface area (TPSA) is 29.3 Å². The summed E-state index contributed by atoms with van der Waals surface area (Å²) in [6.45, 7) is 5.95.